The van der Waals surface area contributed by atoms with E-state index < -0.39 is 23.0 Å². The monoisotopic (exact) mass is 445 g/mol. The van der Waals surface area contributed by atoms with Crippen LogP contribution in [0.15, 0.2) is 36.4 Å². The molecule has 31 heavy (non-hydrogen) atoms. The van der Waals surface area contributed by atoms with E-state index in [0.29, 0.717) is 12.0 Å². The fraction of sp³-hybridized carbons (Fsp3) is 0.417. The largest absolute Gasteiger partial charge is 0.390 e. The standard InChI is InChI=1S/C24H22ClF2NO3/c25-19-7-13(22(29)18-4-2-16(26)8-20(18)27)1-3-17(19)23(30)28-21-14-5-12-6-15(21)11-24(31,9-12)10-14/h1-4,7-8,12,14-15,21,31H,5-6,9-11H2,(H,28,30). The highest BCUT2D eigenvalue weighted by Gasteiger charge is 2.55. The van der Waals surface area contributed by atoms with Gasteiger partial charge in [0.05, 0.1) is 21.8 Å². The molecular weight excluding hydrogens is 424 g/mol. The van der Waals surface area contributed by atoms with Gasteiger partial charge in [-0.05, 0) is 74.1 Å². The first-order valence-electron chi connectivity index (χ1n) is 10.5. The Morgan fingerprint density at radius 3 is 2.29 bits per heavy atom. The second-order valence-electron chi connectivity index (χ2n) is 9.34. The zero-order valence-corrected chi connectivity index (χ0v) is 17.5. The minimum atomic E-state index is -0.952. The SMILES string of the molecule is O=C(c1ccc(C(=O)NC2C3CC4CC2CC(O)(C4)C3)c(Cl)c1)c1ccc(F)cc1F. The topological polar surface area (TPSA) is 66.4 Å². The number of rotatable bonds is 4. The predicted molar refractivity (Wildman–Crippen MR) is 111 cm³/mol. The smallest absolute Gasteiger partial charge is 0.253 e. The van der Waals surface area contributed by atoms with Crippen molar-refractivity contribution in [1.82, 2.24) is 5.32 Å². The van der Waals surface area contributed by atoms with E-state index in [2.05, 4.69) is 5.32 Å². The molecule has 4 aliphatic rings. The molecule has 0 saturated heterocycles. The van der Waals surface area contributed by atoms with Crippen molar-refractivity contribution >= 4 is 23.3 Å². The van der Waals surface area contributed by atoms with Crippen LogP contribution in [0.3, 0.4) is 0 Å². The van der Waals surface area contributed by atoms with Crippen molar-refractivity contribution in [1.29, 1.82) is 0 Å². The maximum Gasteiger partial charge on any atom is 0.253 e. The van der Waals surface area contributed by atoms with Gasteiger partial charge in [0.2, 0.25) is 0 Å². The van der Waals surface area contributed by atoms with E-state index in [0.717, 1.165) is 44.2 Å². The highest BCUT2D eigenvalue weighted by atomic mass is 35.5. The molecule has 0 radical (unpaired) electrons. The lowest BCUT2D eigenvalue weighted by molar-refractivity contribution is -0.136. The fourth-order valence-corrected chi connectivity index (χ4v) is 6.38. The average molecular weight is 446 g/mol. The van der Waals surface area contributed by atoms with Crippen molar-refractivity contribution < 1.29 is 23.5 Å². The Labute approximate surface area is 183 Å². The minimum absolute atomic E-state index is 0.00927. The van der Waals surface area contributed by atoms with Gasteiger partial charge in [-0.15, -0.1) is 0 Å². The first-order valence-corrected chi connectivity index (χ1v) is 10.9. The number of halogens is 3. The van der Waals surface area contributed by atoms with Gasteiger partial charge in [0, 0.05) is 17.7 Å². The van der Waals surface area contributed by atoms with Crippen LogP contribution in [0.4, 0.5) is 8.78 Å². The molecule has 0 aromatic heterocycles. The molecule has 2 atom stereocenters. The maximum absolute atomic E-state index is 13.9. The van der Waals surface area contributed by atoms with Crippen LogP contribution in [0.25, 0.3) is 0 Å². The summed E-state index contributed by atoms with van der Waals surface area (Å²) in [5, 5.41) is 13.9. The van der Waals surface area contributed by atoms with E-state index in [1.807, 2.05) is 0 Å². The lowest BCUT2D eigenvalue weighted by Gasteiger charge is -2.58. The Morgan fingerprint density at radius 2 is 1.68 bits per heavy atom. The number of nitrogens with one attached hydrogen (secondary N) is 1. The number of aliphatic hydroxyl groups is 1. The lowest BCUT2D eigenvalue weighted by atomic mass is 9.52. The van der Waals surface area contributed by atoms with E-state index in [-0.39, 0.29) is 45.5 Å². The molecule has 0 heterocycles. The molecule has 7 heteroatoms. The van der Waals surface area contributed by atoms with Crippen LogP contribution < -0.4 is 5.32 Å². The molecule has 6 rings (SSSR count). The molecule has 0 spiro atoms. The van der Waals surface area contributed by atoms with E-state index >= 15 is 0 Å². The summed E-state index contributed by atoms with van der Waals surface area (Å²) in [4.78, 5) is 25.5. The normalized spacial score (nSPS) is 31.0. The van der Waals surface area contributed by atoms with Crippen molar-refractivity contribution in [2.45, 2.75) is 43.7 Å². The average Bonchev–Trinajstić information content (AvgIpc) is 2.68. The third-order valence-electron chi connectivity index (χ3n) is 7.19. The molecule has 4 aliphatic carbocycles. The Kier molecular flexibility index (Phi) is 4.90. The number of ketones is 1. The molecule has 1 amide bonds. The first-order chi connectivity index (χ1) is 14.7. The van der Waals surface area contributed by atoms with E-state index in [1.54, 1.807) is 0 Å². The van der Waals surface area contributed by atoms with Gasteiger partial charge >= 0.3 is 0 Å². The molecule has 2 unspecified atom stereocenters. The van der Waals surface area contributed by atoms with Gasteiger partial charge < -0.3 is 10.4 Å². The summed E-state index contributed by atoms with van der Waals surface area (Å²) in [5.74, 6) is -1.61. The number of benzene rings is 2. The highest BCUT2D eigenvalue weighted by molar-refractivity contribution is 6.34. The Balaban J connectivity index is 1.33. The molecule has 4 bridgehead atoms. The van der Waals surface area contributed by atoms with Gasteiger partial charge in [-0.3, -0.25) is 9.59 Å². The second kappa shape index (κ2) is 7.38. The number of hydrogen-bond donors (Lipinski definition) is 2. The van der Waals surface area contributed by atoms with Gasteiger partial charge in [-0.2, -0.15) is 0 Å². The minimum Gasteiger partial charge on any atom is -0.390 e. The van der Waals surface area contributed by atoms with Crippen molar-refractivity contribution in [2.24, 2.45) is 17.8 Å². The molecule has 2 aromatic carbocycles. The molecule has 162 valence electrons. The van der Waals surface area contributed by atoms with Crippen molar-refractivity contribution in [3.8, 4) is 0 Å². The van der Waals surface area contributed by atoms with Gasteiger partial charge in [0.1, 0.15) is 11.6 Å². The lowest BCUT2D eigenvalue weighted by Crippen LogP contribution is -2.61. The molecular formula is C24H22ClF2NO3. The van der Waals surface area contributed by atoms with E-state index in [1.165, 1.54) is 18.2 Å². The third-order valence-corrected chi connectivity index (χ3v) is 7.50. The predicted octanol–water partition coefficient (Wildman–Crippen LogP) is 4.52. The molecule has 4 fully saturated rings. The quantitative estimate of drug-likeness (QED) is 0.680. The third kappa shape index (κ3) is 3.66. The molecule has 2 N–H and O–H groups in total. The maximum atomic E-state index is 13.9. The first kappa shape index (κ1) is 20.6. The van der Waals surface area contributed by atoms with Crippen LogP contribution in [0, 0.1) is 29.4 Å². The van der Waals surface area contributed by atoms with Gasteiger partial charge in [0.15, 0.2) is 5.78 Å². The van der Waals surface area contributed by atoms with Crippen LogP contribution in [0.5, 0.6) is 0 Å². The van der Waals surface area contributed by atoms with Gasteiger partial charge in [-0.25, -0.2) is 8.78 Å². The van der Waals surface area contributed by atoms with Crippen LogP contribution in [-0.2, 0) is 0 Å². The zero-order chi connectivity index (χ0) is 21.9. The second-order valence-corrected chi connectivity index (χ2v) is 9.75. The summed E-state index contributed by atoms with van der Waals surface area (Å²) < 4.78 is 27.1. The van der Waals surface area contributed by atoms with Crippen LogP contribution in [0.1, 0.15) is 58.4 Å². The summed E-state index contributed by atoms with van der Waals surface area (Å²) in [5.41, 5.74) is -0.483. The summed E-state index contributed by atoms with van der Waals surface area (Å²) in [6.07, 6.45) is 4.35. The molecule has 0 aliphatic heterocycles. The van der Waals surface area contributed by atoms with Crippen LogP contribution >= 0.6 is 11.6 Å². The number of amides is 1. The highest BCUT2D eigenvalue weighted by Crippen LogP contribution is 2.55. The van der Waals surface area contributed by atoms with Gasteiger partial charge in [0.25, 0.3) is 5.91 Å². The van der Waals surface area contributed by atoms with Gasteiger partial charge in [-0.1, -0.05) is 17.7 Å². The fourth-order valence-electron chi connectivity index (χ4n) is 6.12. The molecule has 4 nitrogen and oxygen atoms in total. The van der Waals surface area contributed by atoms with Crippen molar-refractivity contribution in [2.75, 3.05) is 0 Å². The molecule has 4 saturated carbocycles. The Bertz CT molecular complexity index is 1070. The zero-order valence-electron chi connectivity index (χ0n) is 16.7. The summed E-state index contributed by atoms with van der Waals surface area (Å²) in [6.45, 7) is 0. The van der Waals surface area contributed by atoms with E-state index in [4.69, 9.17) is 11.6 Å². The summed E-state index contributed by atoms with van der Waals surface area (Å²) in [6, 6.07) is 6.97. The van der Waals surface area contributed by atoms with Crippen molar-refractivity contribution in [3.63, 3.8) is 0 Å². The van der Waals surface area contributed by atoms with Crippen LogP contribution in [0.2, 0.25) is 5.02 Å². The Hall–Kier alpha value is -2.31. The van der Waals surface area contributed by atoms with Crippen molar-refractivity contribution in [3.05, 3.63) is 69.7 Å². The number of carbonyl (C=O) groups excluding carboxylic acids is 2. The van der Waals surface area contributed by atoms with Crippen LogP contribution in [-0.4, -0.2) is 28.4 Å². The van der Waals surface area contributed by atoms with E-state index in [9.17, 15) is 23.5 Å². The Morgan fingerprint density at radius 1 is 1.00 bits per heavy atom. The number of carbonyl (C=O) groups is 2. The summed E-state index contributed by atoms with van der Waals surface area (Å²) >= 11 is 6.30. The summed E-state index contributed by atoms with van der Waals surface area (Å²) in [7, 11) is 0. The number of hydrogen-bond acceptors (Lipinski definition) is 3. The molecule has 2 aromatic rings.